The minimum Gasteiger partial charge on any atom is -0.396 e. The summed E-state index contributed by atoms with van der Waals surface area (Å²) in [6, 6.07) is 0. The standard InChI is InChI=1S/C11H23NO/c1-10-5-4-6-11(7-10,9-13)8-12(2)3/h10,13H,4-9H2,1-3H3. The van der Waals surface area contributed by atoms with E-state index in [0.29, 0.717) is 6.61 Å². The van der Waals surface area contributed by atoms with Gasteiger partial charge in [-0.1, -0.05) is 19.8 Å². The lowest BCUT2D eigenvalue weighted by molar-refractivity contribution is 0.0369. The van der Waals surface area contributed by atoms with Crippen molar-refractivity contribution in [3.05, 3.63) is 0 Å². The smallest absolute Gasteiger partial charge is 0.0499 e. The van der Waals surface area contributed by atoms with Crippen LogP contribution in [0.5, 0.6) is 0 Å². The van der Waals surface area contributed by atoms with Gasteiger partial charge in [0.2, 0.25) is 0 Å². The highest BCUT2D eigenvalue weighted by Gasteiger charge is 2.34. The average Bonchev–Trinajstić information content (AvgIpc) is 2.03. The van der Waals surface area contributed by atoms with E-state index >= 15 is 0 Å². The molecule has 78 valence electrons. The highest BCUT2D eigenvalue weighted by atomic mass is 16.3. The normalized spacial score (nSPS) is 35.3. The van der Waals surface area contributed by atoms with E-state index < -0.39 is 0 Å². The maximum Gasteiger partial charge on any atom is 0.0499 e. The third-order valence-electron chi connectivity index (χ3n) is 3.17. The van der Waals surface area contributed by atoms with Gasteiger partial charge in [0.15, 0.2) is 0 Å². The maximum absolute atomic E-state index is 9.48. The van der Waals surface area contributed by atoms with Crippen LogP contribution < -0.4 is 0 Å². The molecule has 1 fully saturated rings. The second-order valence-corrected chi connectivity index (χ2v) is 5.10. The molecular formula is C11H23NO. The van der Waals surface area contributed by atoms with Crippen molar-refractivity contribution < 1.29 is 5.11 Å². The highest BCUT2D eigenvalue weighted by molar-refractivity contribution is 4.86. The summed E-state index contributed by atoms with van der Waals surface area (Å²) < 4.78 is 0. The fourth-order valence-corrected chi connectivity index (χ4v) is 2.78. The first-order chi connectivity index (χ1) is 6.08. The third kappa shape index (κ3) is 2.96. The zero-order valence-electron chi connectivity index (χ0n) is 9.21. The molecule has 0 bridgehead atoms. The Hall–Kier alpha value is -0.0800. The topological polar surface area (TPSA) is 23.5 Å². The van der Waals surface area contributed by atoms with Crippen molar-refractivity contribution in [3.8, 4) is 0 Å². The summed E-state index contributed by atoms with van der Waals surface area (Å²) >= 11 is 0. The number of hydrogen-bond donors (Lipinski definition) is 1. The Labute approximate surface area is 81.9 Å². The van der Waals surface area contributed by atoms with Gasteiger partial charge in [-0.3, -0.25) is 0 Å². The Morgan fingerprint density at radius 3 is 2.62 bits per heavy atom. The maximum atomic E-state index is 9.48. The van der Waals surface area contributed by atoms with E-state index in [1.165, 1.54) is 25.7 Å². The Morgan fingerprint density at radius 2 is 2.15 bits per heavy atom. The van der Waals surface area contributed by atoms with Crippen molar-refractivity contribution in [1.29, 1.82) is 0 Å². The minimum absolute atomic E-state index is 0.196. The van der Waals surface area contributed by atoms with Crippen LogP contribution in [0.2, 0.25) is 0 Å². The van der Waals surface area contributed by atoms with Crippen LogP contribution in [0.15, 0.2) is 0 Å². The van der Waals surface area contributed by atoms with E-state index in [2.05, 4.69) is 25.9 Å². The molecule has 0 radical (unpaired) electrons. The van der Waals surface area contributed by atoms with Gasteiger partial charge in [0.1, 0.15) is 0 Å². The molecule has 0 saturated heterocycles. The number of rotatable bonds is 3. The van der Waals surface area contributed by atoms with Crippen LogP contribution in [0.3, 0.4) is 0 Å². The van der Waals surface area contributed by atoms with Crippen molar-refractivity contribution in [2.45, 2.75) is 32.6 Å². The van der Waals surface area contributed by atoms with Crippen LogP contribution >= 0.6 is 0 Å². The summed E-state index contributed by atoms with van der Waals surface area (Å²) in [4.78, 5) is 2.20. The Balaban J connectivity index is 2.56. The monoisotopic (exact) mass is 185 g/mol. The molecule has 1 aliphatic rings. The summed E-state index contributed by atoms with van der Waals surface area (Å²) in [5.41, 5.74) is 0.196. The Kier molecular flexibility index (Phi) is 3.74. The molecule has 0 aliphatic heterocycles. The number of hydrogen-bond acceptors (Lipinski definition) is 2. The van der Waals surface area contributed by atoms with E-state index in [1.54, 1.807) is 0 Å². The zero-order chi connectivity index (χ0) is 9.90. The highest BCUT2D eigenvalue weighted by Crippen LogP contribution is 2.39. The van der Waals surface area contributed by atoms with Crippen LogP contribution in [-0.4, -0.2) is 37.3 Å². The molecule has 1 N–H and O–H groups in total. The van der Waals surface area contributed by atoms with Gasteiger partial charge in [0.25, 0.3) is 0 Å². The molecule has 1 rings (SSSR count). The summed E-state index contributed by atoms with van der Waals surface area (Å²) in [7, 11) is 4.19. The predicted molar refractivity (Wildman–Crippen MR) is 55.7 cm³/mol. The van der Waals surface area contributed by atoms with Crippen LogP contribution in [0.4, 0.5) is 0 Å². The van der Waals surface area contributed by atoms with Gasteiger partial charge < -0.3 is 10.0 Å². The van der Waals surface area contributed by atoms with Crippen LogP contribution in [0.25, 0.3) is 0 Å². The SMILES string of the molecule is CC1CCCC(CO)(CN(C)C)C1. The largest absolute Gasteiger partial charge is 0.396 e. The van der Waals surface area contributed by atoms with Gasteiger partial charge in [0, 0.05) is 18.6 Å². The van der Waals surface area contributed by atoms with Gasteiger partial charge in [-0.15, -0.1) is 0 Å². The fourth-order valence-electron chi connectivity index (χ4n) is 2.78. The van der Waals surface area contributed by atoms with E-state index in [1.807, 2.05) is 0 Å². The molecule has 1 saturated carbocycles. The summed E-state index contributed by atoms with van der Waals surface area (Å²) in [6.07, 6.45) is 5.03. The zero-order valence-corrected chi connectivity index (χ0v) is 9.21. The second-order valence-electron chi connectivity index (χ2n) is 5.10. The molecule has 0 amide bonds. The third-order valence-corrected chi connectivity index (χ3v) is 3.17. The lowest BCUT2D eigenvalue weighted by Gasteiger charge is -2.40. The number of nitrogens with zero attached hydrogens (tertiary/aromatic N) is 1. The molecule has 1 aliphatic carbocycles. The average molecular weight is 185 g/mol. The van der Waals surface area contributed by atoms with E-state index in [-0.39, 0.29) is 5.41 Å². The van der Waals surface area contributed by atoms with Crippen molar-refractivity contribution >= 4 is 0 Å². The summed E-state index contributed by atoms with van der Waals surface area (Å²) in [5.74, 6) is 0.792. The van der Waals surface area contributed by atoms with Crippen molar-refractivity contribution in [3.63, 3.8) is 0 Å². The van der Waals surface area contributed by atoms with Crippen LogP contribution in [0.1, 0.15) is 32.6 Å². The van der Waals surface area contributed by atoms with Gasteiger partial charge >= 0.3 is 0 Å². The Morgan fingerprint density at radius 1 is 1.46 bits per heavy atom. The van der Waals surface area contributed by atoms with Crippen LogP contribution in [-0.2, 0) is 0 Å². The molecule has 0 aromatic heterocycles. The van der Waals surface area contributed by atoms with E-state index in [0.717, 1.165) is 12.5 Å². The second kappa shape index (κ2) is 4.43. The van der Waals surface area contributed by atoms with Gasteiger partial charge in [-0.2, -0.15) is 0 Å². The van der Waals surface area contributed by atoms with E-state index in [4.69, 9.17) is 0 Å². The lowest BCUT2D eigenvalue weighted by atomic mass is 9.70. The molecule has 0 aromatic rings. The van der Waals surface area contributed by atoms with Gasteiger partial charge in [-0.25, -0.2) is 0 Å². The lowest BCUT2D eigenvalue weighted by Crippen LogP contribution is -2.40. The van der Waals surface area contributed by atoms with Crippen molar-refractivity contribution in [2.75, 3.05) is 27.2 Å². The molecular weight excluding hydrogens is 162 g/mol. The summed E-state index contributed by atoms with van der Waals surface area (Å²) in [6.45, 7) is 3.70. The van der Waals surface area contributed by atoms with E-state index in [9.17, 15) is 5.11 Å². The molecule has 2 unspecified atom stereocenters. The van der Waals surface area contributed by atoms with Gasteiger partial charge in [-0.05, 0) is 32.9 Å². The van der Waals surface area contributed by atoms with Crippen molar-refractivity contribution in [2.24, 2.45) is 11.3 Å². The molecule has 0 aromatic carbocycles. The fraction of sp³-hybridized carbons (Fsp3) is 1.00. The van der Waals surface area contributed by atoms with Gasteiger partial charge in [0.05, 0.1) is 0 Å². The molecule has 2 heteroatoms. The Bertz CT molecular complexity index is 154. The first kappa shape index (κ1) is 11.0. The molecule has 0 heterocycles. The van der Waals surface area contributed by atoms with Crippen molar-refractivity contribution in [1.82, 2.24) is 4.90 Å². The quantitative estimate of drug-likeness (QED) is 0.724. The van der Waals surface area contributed by atoms with Crippen LogP contribution in [0, 0.1) is 11.3 Å². The first-order valence-corrected chi connectivity index (χ1v) is 5.33. The molecule has 0 spiro atoms. The first-order valence-electron chi connectivity index (χ1n) is 5.33. The number of aliphatic hydroxyl groups is 1. The molecule has 2 atom stereocenters. The summed E-state index contributed by atoms with van der Waals surface area (Å²) in [5, 5.41) is 9.48. The number of aliphatic hydroxyl groups excluding tert-OH is 1. The molecule has 2 nitrogen and oxygen atoms in total. The molecule has 13 heavy (non-hydrogen) atoms. The predicted octanol–water partition coefficient (Wildman–Crippen LogP) is 1.74. The minimum atomic E-state index is 0.196.